The lowest BCUT2D eigenvalue weighted by Crippen LogP contribution is -2.15. The third kappa shape index (κ3) is 2.65. The van der Waals surface area contributed by atoms with Gasteiger partial charge in [0.1, 0.15) is 11.4 Å². The number of amides is 1. The summed E-state index contributed by atoms with van der Waals surface area (Å²) in [6, 6.07) is 5.66. The van der Waals surface area contributed by atoms with Crippen LogP contribution >= 0.6 is 11.6 Å². The first kappa shape index (κ1) is 14.1. The number of anilines is 2. The first-order valence-corrected chi connectivity index (χ1v) is 5.81. The fourth-order valence-electron chi connectivity index (χ4n) is 1.56. The molecule has 104 valence electrons. The fourth-order valence-corrected chi connectivity index (χ4v) is 1.76. The van der Waals surface area contributed by atoms with Crippen LogP contribution in [0.3, 0.4) is 0 Å². The Morgan fingerprint density at radius 3 is 2.65 bits per heavy atom. The van der Waals surface area contributed by atoms with Crippen LogP contribution in [-0.4, -0.2) is 11.0 Å². The van der Waals surface area contributed by atoms with Crippen LogP contribution in [0.4, 0.5) is 20.2 Å². The molecule has 0 aliphatic heterocycles. The second-order valence-corrected chi connectivity index (χ2v) is 4.35. The van der Waals surface area contributed by atoms with Crippen molar-refractivity contribution in [3.63, 3.8) is 0 Å². The molecule has 2 aromatic carbocycles. The summed E-state index contributed by atoms with van der Waals surface area (Å²) >= 11 is 5.80. The van der Waals surface area contributed by atoms with Crippen molar-refractivity contribution in [2.75, 3.05) is 11.1 Å². The number of nitrogens with one attached hydrogen (secondary N) is 1. The van der Waals surface area contributed by atoms with Crippen molar-refractivity contribution in [2.24, 2.45) is 0 Å². The second kappa shape index (κ2) is 5.34. The number of phenolic OH excluding ortho intramolecular Hbond substituents is 1. The van der Waals surface area contributed by atoms with Crippen molar-refractivity contribution in [3.8, 4) is 5.75 Å². The molecule has 20 heavy (non-hydrogen) atoms. The van der Waals surface area contributed by atoms with Crippen molar-refractivity contribution in [1.29, 1.82) is 0 Å². The molecule has 2 rings (SSSR count). The Morgan fingerprint density at radius 2 is 1.95 bits per heavy atom. The molecular formula is C13H9ClF2N2O2. The lowest BCUT2D eigenvalue weighted by molar-refractivity contribution is 0.102. The average Bonchev–Trinajstić information content (AvgIpc) is 2.41. The Kier molecular flexibility index (Phi) is 3.76. The molecule has 0 radical (unpaired) electrons. The zero-order valence-corrected chi connectivity index (χ0v) is 10.7. The zero-order valence-electron chi connectivity index (χ0n) is 9.95. The second-order valence-electron chi connectivity index (χ2n) is 3.94. The predicted octanol–water partition coefficient (Wildman–Crippen LogP) is 3.16. The van der Waals surface area contributed by atoms with E-state index in [1.807, 2.05) is 0 Å². The third-order valence-electron chi connectivity index (χ3n) is 2.56. The summed E-state index contributed by atoms with van der Waals surface area (Å²) in [6.45, 7) is 0. The molecule has 2 aromatic rings. The average molecular weight is 299 g/mol. The van der Waals surface area contributed by atoms with Gasteiger partial charge in [0.2, 0.25) is 0 Å². The van der Waals surface area contributed by atoms with E-state index in [1.54, 1.807) is 0 Å². The van der Waals surface area contributed by atoms with Gasteiger partial charge in [0.25, 0.3) is 5.91 Å². The van der Waals surface area contributed by atoms with Crippen LogP contribution in [0.25, 0.3) is 0 Å². The van der Waals surface area contributed by atoms with Gasteiger partial charge in [0.05, 0.1) is 16.3 Å². The number of rotatable bonds is 2. The van der Waals surface area contributed by atoms with Gasteiger partial charge in [-0.15, -0.1) is 0 Å². The molecular weight excluding hydrogens is 290 g/mol. The molecule has 0 atom stereocenters. The van der Waals surface area contributed by atoms with E-state index < -0.39 is 23.2 Å². The minimum Gasteiger partial charge on any atom is -0.508 e. The largest absolute Gasteiger partial charge is 0.508 e. The smallest absolute Gasteiger partial charge is 0.257 e. The summed E-state index contributed by atoms with van der Waals surface area (Å²) in [5, 5.41) is 11.5. The fraction of sp³-hybridized carbons (Fsp3) is 0. The van der Waals surface area contributed by atoms with Crippen LogP contribution < -0.4 is 11.1 Å². The highest BCUT2D eigenvalue weighted by Crippen LogP contribution is 2.27. The number of phenols is 1. The maximum Gasteiger partial charge on any atom is 0.257 e. The van der Waals surface area contributed by atoms with Gasteiger partial charge in [0, 0.05) is 0 Å². The summed E-state index contributed by atoms with van der Waals surface area (Å²) in [5.74, 6) is -3.42. The predicted molar refractivity (Wildman–Crippen MR) is 71.8 cm³/mol. The number of aromatic hydroxyl groups is 1. The first-order valence-electron chi connectivity index (χ1n) is 5.43. The van der Waals surface area contributed by atoms with Gasteiger partial charge in [-0.25, -0.2) is 8.78 Å². The molecule has 0 aromatic heterocycles. The number of hydrogen-bond acceptors (Lipinski definition) is 3. The molecule has 0 fully saturated rings. The Bertz CT molecular complexity index is 692. The number of benzene rings is 2. The molecule has 0 heterocycles. The monoisotopic (exact) mass is 298 g/mol. The summed E-state index contributed by atoms with van der Waals surface area (Å²) in [7, 11) is 0. The van der Waals surface area contributed by atoms with Crippen molar-refractivity contribution >= 4 is 28.9 Å². The van der Waals surface area contributed by atoms with E-state index in [-0.39, 0.29) is 22.0 Å². The highest BCUT2D eigenvalue weighted by atomic mass is 35.5. The number of nitrogens with two attached hydrogens (primary N) is 1. The summed E-state index contributed by atoms with van der Waals surface area (Å²) in [5.41, 5.74) is 4.78. The Labute approximate surface area is 117 Å². The molecule has 0 bridgehead atoms. The lowest BCUT2D eigenvalue weighted by atomic mass is 10.2. The summed E-state index contributed by atoms with van der Waals surface area (Å²) < 4.78 is 26.7. The molecule has 4 nitrogen and oxygen atoms in total. The van der Waals surface area contributed by atoms with Crippen LogP contribution in [0.1, 0.15) is 10.4 Å². The van der Waals surface area contributed by atoms with Gasteiger partial charge in [-0.2, -0.15) is 0 Å². The Morgan fingerprint density at radius 1 is 1.25 bits per heavy atom. The van der Waals surface area contributed by atoms with Gasteiger partial charge in [0.15, 0.2) is 11.6 Å². The van der Waals surface area contributed by atoms with Crippen LogP contribution in [0.2, 0.25) is 5.02 Å². The summed E-state index contributed by atoms with van der Waals surface area (Å²) in [4.78, 5) is 12.0. The van der Waals surface area contributed by atoms with E-state index in [0.29, 0.717) is 0 Å². The molecule has 0 saturated heterocycles. The Balaban J connectivity index is 2.38. The van der Waals surface area contributed by atoms with Crippen molar-refractivity contribution in [3.05, 3.63) is 52.6 Å². The number of halogens is 3. The highest BCUT2D eigenvalue weighted by molar-refractivity contribution is 6.34. The maximum atomic E-state index is 13.6. The van der Waals surface area contributed by atoms with Crippen molar-refractivity contribution < 1.29 is 18.7 Å². The van der Waals surface area contributed by atoms with E-state index in [4.69, 9.17) is 17.3 Å². The van der Waals surface area contributed by atoms with Crippen LogP contribution in [0.5, 0.6) is 5.75 Å². The van der Waals surface area contributed by atoms with E-state index >= 15 is 0 Å². The van der Waals surface area contributed by atoms with Gasteiger partial charge in [-0.1, -0.05) is 11.6 Å². The minimum atomic E-state index is -1.27. The Hall–Kier alpha value is -2.34. The van der Waals surface area contributed by atoms with E-state index in [0.717, 1.165) is 18.2 Å². The maximum absolute atomic E-state index is 13.6. The van der Waals surface area contributed by atoms with E-state index in [1.165, 1.54) is 12.1 Å². The standard InChI is InChI=1S/C13H9ClF2N2O2/c14-8-2-1-6(19)5-7(8)13(20)18-12-10(17)4-3-9(15)11(12)16/h1-5,19H,17H2,(H,18,20). The molecule has 4 N–H and O–H groups in total. The number of nitrogen functional groups attached to an aromatic ring is 1. The number of hydrogen-bond donors (Lipinski definition) is 3. The van der Waals surface area contributed by atoms with Crippen molar-refractivity contribution in [2.45, 2.75) is 0 Å². The van der Waals surface area contributed by atoms with Gasteiger partial charge in [-0.05, 0) is 30.3 Å². The highest BCUT2D eigenvalue weighted by Gasteiger charge is 2.17. The van der Waals surface area contributed by atoms with Gasteiger partial charge in [-0.3, -0.25) is 4.79 Å². The van der Waals surface area contributed by atoms with Crippen LogP contribution in [0, 0.1) is 11.6 Å². The third-order valence-corrected chi connectivity index (χ3v) is 2.89. The number of carbonyl (C=O) groups excluding carboxylic acids is 1. The number of carbonyl (C=O) groups is 1. The molecule has 0 aliphatic carbocycles. The quantitative estimate of drug-likeness (QED) is 0.745. The minimum absolute atomic E-state index is 0.0516. The molecule has 1 amide bonds. The lowest BCUT2D eigenvalue weighted by Gasteiger charge is -2.10. The molecule has 0 spiro atoms. The molecule has 0 unspecified atom stereocenters. The molecule has 7 heteroatoms. The first-order chi connectivity index (χ1) is 9.40. The van der Waals surface area contributed by atoms with Crippen molar-refractivity contribution in [1.82, 2.24) is 0 Å². The molecule has 0 saturated carbocycles. The SMILES string of the molecule is Nc1ccc(F)c(F)c1NC(=O)c1cc(O)ccc1Cl. The van der Waals surface area contributed by atoms with E-state index in [9.17, 15) is 18.7 Å². The van der Waals surface area contributed by atoms with E-state index in [2.05, 4.69) is 5.32 Å². The van der Waals surface area contributed by atoms with Crippen LogP contribution in [-0.2, 0) is 0 Å². The molecule has 0 aliphatic rings. The zero-order chi connectivity index (χ0) is 14.9. The summed E-state index contributed by atoms with van der Waals surface area (Å²) in [6.07, 6.45) is 0. The topological polar surface area (TPSA) is 75.3 Å². The van der Waals surface area contributed by atoms with Gasteiger partial charge < -0.3 is 16.2 Å². The van der Waals surface area contributed by atoms with Crippen LogP contribution in [0.15, 0.2) is 30.3 Å². The normalized spacial score (nSPS) is 10.3. The van der Waals surface area contributed by atoms with Gasteiger partial charge >= 0.3 is 0 Å².